The van der Waals surface area contributed by atoms with Crippen LogP contribution in [0, 0.1) is 12.8 Å². The molecule has 102 valence electrons. The Labute approximate surface area is 111 Å². The fourth-order valence-corrected chi connectivity index (χ4v) is 2.22. The third-order valence-electron chi connectivity index (χ3n) is 3.08. The van der Waals surface area contributed by atoms with Crippen molar-refractivity contribution in [3.05, 3.63) is 23.8 Å². The third kappa shape index (κ3) is 4.57. The normalized spacial score (nSPS) is 13.1. The first kappa shape index (κ1) is 14.8. The van der Waals surface area contributed by atoms with Crippen molar-refractivity contribution in [2.75, 3.05) is 31.7 Å². The Morgan fingerprint density at radius 3 is 2.50 bits per heavy atom. The number of nitrogens with zero attached hydrogens (tertiary/aromatic N) is 1. The smallest absolute Gasteiger partial charge is 0.0393 e. The predicted molar refractivity (Wildman–Crippen MR) is 81.0 cm³/mol. The molecule has 0 heterocycles. The minimum Gasteiger partial charge on any atom is -0.398 e. The van der Waals surface area contributed by atoms with Crippen molar-refractivity contribution in [3.8, 4) is 0 Å². The van der Waals surface area contributed by atoms with Gasteiger partial charge in [-0.25, -0.2) is 0 Å². The molecule has 0 spiro atoms. The lowest BCUT2D eigenvalue weighted by atomic mass is 10.0. The Morgan fingerprint density at radius 2 is 1.94 bits per heavy atom. The van der Waals surface area contributed by atoms with Gasteiger partial charge in [0, 0.05) is 24.0 Å². The van der Waals surface area contributed by atoms with Gasteiger partial charge < -0.3 is 16.0 Å². The fraction of sp³-hybridized carbons (Fsp3) is 0.600. The van der Waals surface area contributed by atoms with Gasteiger partial charge in [-0.2, -0.15) is 0 Å². The summed E-state index contributed by atoms with van der Waals surface area (Å²) >= 11 is 0. The minimum atomic E-state index is 0.459. The van der Waals surface area contributed by atoms with Crippen molar-refractivity contribution >= 4 is 11.4 Å². The molecule has 0 bridgehead atoms. The highest BCUT2D eigenvalue weighted by Crippen LogP contribution is 2.22. The average molecular weight is 249 g/mol. The van der Waals surface area contributed by atoms with Crippen LogP contribution in [0.15, 0.2) is 18.2 Å². The van der Waals surface area contributed by atoms with Crippen LogP contribution in [0.2, 0.25) is 0 Å². The van der Waals surface area contributed by atoms with E-state index in [1.807, 2.05) is 12.1 Å². The zero-order chi connectivity index (χ0) is 13.7. The number of rotatable bonds is 6. The van der Waals surface area contributed by atoms with Crippen LogP contribution in [0.4, 0.5) is 11.4 Å². The molecule has 0 fully saturated rings. The van der Waals surface area contributed by atoms with Crippen LogP contribution in [-0.4, -0.2) is 31.6 Å². The molecule has 0 saturated heterocycles. The SMILES string of the molecule is Cc1c(N)cccc1NC(CC(C)C)CN(C)C. The molecule has 3 N–H and O–H groups in total. The van der Waals surface area contributed by atoms with Crippen LogP contribution < -0.4 is 11.1 Å². The summed E-state index contributed by atoms with van der Waals surface area (Å²) in [5, 5.41) is 3.63. The molecule has 1 aromatic carbocycles. The van der Waals surface area contributed by atoms with Crippen LogP contribution in [0.3, 0.4) is 0 Å². The molecule has 1 rings (SSSR count). The summed E-state index contributed by atoms with van der Waals surface area (Å²) in [6.07, 6.45) is 1.16. The largest absolute Gasteiger partial charge is 0.398 e. The number of nitrogens with one attached hydrogen (secondary N) is 1. The van der Waals surface area contributed by atoms with Crippen molar-refractivity contribution in [2.24, 2.45) is 5.92 Å². The van der Waals surface area contributed by atoms with Crippen molar-refractivity contribution in [1.29, 1.82) is 0 Å². The van der Waals surface area contributed by atoms with E-state index in [0.29, 0.717) is 12.0 Å². The maximum atomic E-state index is 5.95. The van der Waals surface area contributed by atoms with E-state index >= 15 is 0 Å². The second-order valence-corrected chi connectivity index (χ2v) is 5.75. The monoisotopic (exact) mass is 249 g/mol. The number of nitrogen functional groups attached to an aromatic ring is 1. The zero-order valence-corrected chi connectivity index (χ0v) is 12.3. The van der Waals surface area contributed by atoms with Gasteiger partial charge in [-0.15, -0.1) is 0 Å². The molecular weight excluding hydrogens is 222 g/mol. The van der Waals surface area contributed by atoms with Gasteiger partial charge in [0.2, 0.25) is 0 Å². The zero-order valence-electron chi connectivity index (χ0n) is 12.3. The summed E-state index contributed by atoms with van der Waals surface area (Å²) in [6.45, 7) is 7.62. The molecule has 0 aliphatic heterocycles. The van der Waals surface area contributed by atoms with E-state index < -0.39 is 0 Å². The second kappa shape index (κ2) is 6.64. The van der Waals surface area contributed by atoms with Gasteiger partial charge in [-0.3, -0.25) is 0 Å². The van der Waals surface area contributed by atoms with Crippen LogP contribution in [0.25, 0.3) is 0 Å². The van der Waals surface area contributed by atoms with E-state index in [9.17, 15) is 0 Å². The maximum Gasteiger partial charge on any atom is 0.0393 e. The Morgan fingerprint density at radius 1 is 1.28 bits per heavy atom. The quantitative estimate of drug-likeness (QED) is 0.762. The van der Waals surface area contributed by atoms with E-state index in [0.717, 1.165) is 29.9 Å². The van der Waals surface area contributed by atoms with Gasteiger partial charge in [0.1, 0.15) is 0 Å². The molecule has 0 aliphatic rings. The summed E-state index contributed by atoms with van der Waals surface area (Å²) in [4.78, 5) is 2.22. The molecule has 0 aromatic heterocycles. The second-order valence-electron chi connectivity index (χ2n) is 5.75. The first-order valence-electron chi connectivity index (χ1n) is 6.66. The minimum absolute atomic E-state index is 0.459. The van der Waals surface area contributed by atoms with Crippen molar-refractivity contribution < 1.29 is 0 Å². The van der Waals surface area contributed by atoms with Crippen molar-refractivity contribution in [3.63, 3.8) is 0 Å². The maximum absolute atomic E-state index is 5.95. The summed E-state index contributed by atoms with van der Waals surface area (Å²) in [7, 11) is 4.22. The van der Waals surface area contributed by atoms with E-state index in [2.05, 4.69) is 51.1 Å². The molecule has 1 aromatic rings. The van der Waals surface area contributed by atoms with Crippen LogP contribution in [0.5, 0.6) is 0 Å². The number of likely N-dealkylation sites (N-methyl/N-ethyl adjacent to an activating group) is 1. The molecule has 0 aliphatic carbocycles. The van der Waals surface area contributed by atoms with E-state index in [1.54, 1.807) is 0 Å². The molecule has 1 unspecified atom stereocenters. The Balaban J connectivity index is 2.78. The Bertz CT molecular complexity index is 362. The number of anilines is 2. The lowest BCUT2D eigenvalue weighted by Gasteiger charge is -2.26. The Kier molecular flexibility index (Phi) is 5.48. The van der Waals surface area contributed by atoms with Gasteiger partial charge in [-0.1, -0.05) is 19.9 Å². The summed E-state index contributed by atoms with van der Waals surface area (Å²) < 4.78 is 0. The first-order chi connectivity index (χ1) is 8.40. The van der Waals surface area contributed by atoms with E-state index in [1.165, 1.54) is 0 Å². The average Bonchev–Trinajstić information content (AvgIpc) is 2.23. The molecule has 0 amide bonds. The molecular formula is C15H27N3. The first-order valence-corrected chi connectivity index (χ1v) is 6.66. The highest BCUT2D eigenvalue weighted by molar-refractivity contribution is 5.63. The lowest BCUT2D eigenvalue weighted by molar-refractivity contribution is 0.356. The molecule has 18 heavy (non-hydrogen) atoms. The number of hydrogen-bond donors (Lipinski definition) is 2. The summed E-state index contributed by atoms with van der Waals surface area (Å²) in [6, 6.07) is 6.52. The number of hydrogen-bond acceptors (Lipinski definition) is 3. The molecule has 0 radical (unpaired) electrons. The van der Waals surface area contributed by atoms with Crippen molar-refractivity contribution in [2.45, 2.75) is 33.2 Å². The van der Waals surface area contributed by atoms with Crippen LogP contribution in [0.1, 0.15) is 25.8 Å². The molecule has 3 nitrogen and oxygen atoms in total. The standard InChI is InChI=1S/C15H27N3/c1-11(2)9-13(10-18(4)5)17-15-8-6-7-14(16)12(15)3/h6-8,11,13,17H,9-10,16H2,1-5H3. The predicted octanol–water partition coefficient (Wildman–Crippen LogP) is 2.97. The van der Waals surface area contributed by atoms with E-state index in [-0.39, 0.29) is 0 Å². The highest BCUT2D eigenvalue weighted by Gasteiger charge is 2.13. The third-order valence-corrected chi connectivity index (χ3v) is 3.08. The number of nitrogens with two attached hydrogens (primary N) is 1. The van der Waals surface area contributed by atoms with Gasteiger partial charge in [0.25, 0.3) is 0 Å². The topological polar surface area (TPSA) is 41.3 Å². The van der Waals surface area contributed by atoms with Gasteiger partial charge in [-0.05, 0) is 51.1 Å². The Hall–Kier alpha value is -1.22. The van der Waals surface area contributed by atoms with Crippen LogP contribution in [-0.2, 0) is 0 Å². The molecule has 1 atom stereocenters. The molecule has 3 heteroatoms. The van der Waals surface area contributed by atoms with Gasteiger partial charge >= 0.3 is 0 Å². The van der Waals surface area contributed by atoms with Crippen molar-refractivity contribution in [1.82, 2.24) is 4.90 Å². The molecule has 0 saturated carbocycles. The summed E-state index contributed by atoms with van der Waals surface area (Å²) in [5.74, 6) is 0.684. The van der Waals surface area contributed by atoms with Gasteiger partial charge in [0.15, 0.2) is 0 Å². The van der Waals surface area contributed by atoms with E-state index in [4.69, 9.17) is 5.73 Å². The summed E-state index contributed by atoms with van der Waals surface area (Å²) in [5.41, 5.74) is 9.10. The highest BCUT2D eigenvalue weighted by atomic mass is 15.1. The van der Waals surface area contributed by atoms with Crippen LogP contribution >= 0.6 is 0 Å². The lowest BCUT2D eigenvalue weighted by Crippen LogP contribution is -2.33. The number of benzene rings is 1. The fourth-order valence-electron chi connectivity index (χ4n) is 2.22. The van der Waals surface area contributed by atoms with Gasteiger partial charge in [0.05, 0.1) is 0 Å².